The average Bonchev–Trinajstić information content (AvgIpc) is 2.68. The number of rotatable bonds is 4. The van der Waals surface area contributed by atoms with Crippen LogP contribution in [-0.4, -0.2) is 57.0 Å². The van der Waals surface area contributed by atoms with Gasteiger partial charge in [0.15, 0.2) is 9.84 Å². The summed E-state index contributed by atoms with van der Waals surface area (Å²) in [7, 11) is -4.43. The van der Waals surface area contributed by atoms with Crippen LogP contribution in [0, 0.1) is 15.9 Å². The van der Waals surface area contributed by atoms with E-state index in [0.29, 0.717) is 0 Å². The van der Waals surface area contributed by atoms with Crippen LogP contribution in [0.15, 0.2) is 35.8 Å². The van der Waals surface area contributed by atoms with E-state index in [1.165, 1.54) is 47.6 Å². The fraction of sp³-hybridized carbons (Fsp3) is 0.500. The molecule has 0 radical (unpaired) electrons. The van der Waals surface area contributed by atoms with E-state index in [-0.39, 0.29) is 11.3 Å². The Balaban J connectivity index is 2.99. The van der Waals surface area contributed by atoms with Gasteiger partial charge in [-0.2, -0.15) is 4.90 Å². The van der Waals surface area contributed by atoms with Crippen molar-refractivity contribution in [3.05, 3.63) is 52.3 Å². The predicted octanol–water partition coefficient (Wildman–Crippen LogP) is 4.41. The van der Waals surface area contributed by atoms with Crippen molar-refractivity contribution in [1.82, 2.24) is 4.90 Å². The van der Waals surface area contributed by atoms with Gasteiger partial charge in [0, 0.05) is 17.7 Å². The van der Waals surface area contributed by atoms with Crippen LogP contribution in [-0.2, 0) is 20.1 Å². The Morgan fingerprint density at radius 3 is 2.37 bits per heavy atom. The summed E-state index contributed by atoms with van der Waals surface area (Å²) >= 11 is 0. The van der Waals surface area contributed by atoms with Gasteiger partial charge in [0.2, 0.25) is 0 Å². The number of nitrogens with zero attached hydrogens (tertiary/aromatic N) is 3. The maximum absolute atomic E-state index is 15.1. The molecule has 2 atom stereocenters. The highest BCUT2D eigenvalue weighted by atomic mass is 32.2. The van der Waals surface area contributed by atoms with Gasteiger partial charge in [0.05, 0.1) is 10.2 Å². The van der Waals surface area contributed by atoms with Crippen LogP contribution in [0.5, 0.6) is 0 Å². The predicted molar refractivity (Wildman–Crippen MR) is 126 cm³/mol. The van der Waals surface area contributed by atoms with Gasteiger partial charge < -0.3 is 9.84 Å². The number of halogens is 1. The maximum Gasteiger partial charge on any atom is 0.425 e. The number of carboxylic acid groups (broad SMARTS) is 1. The van der Waals surface area contributed by atoms with Crippen molar-refractivity contribution in [3.8, 4) is 0 Å². The van der Waals surface area contributed by atoms with E-state index in [9.17, 15) is 33.2 Å². The van der Waals surface area contributed by atoms with Gasteiger partial charge >= 0.3 is 12.2 Å². The molecule has 1 aromatic carbocycles. The maximum atomic E-state index is 15.1. The fourth-order valence-corrected chi connectivity index (χ4v) is 6.13. The van der Waals surface area contributed by atoms with E-state index in [0.717, 1.165) is 18.2 Å². The summed E-state index contributed by atoms with van der Waals surface area (Å²) in [5.41, 5.74) is -4.18. The van der Waals surface area contributed by atoms with Crippen LogP contribution in [0.3, 0.4) is 0 Å². The third kappa shape index (κ3) is 4.90. The van der Waals surface area contributed by atoms with Crippen LogP contribution < -0.4 is 0 Å². The minimum Gasteiger partial charge on any atom is -0.464 e. The van der Waals surface area contributed by atoms with Crippen molar-refractivity contribution in [2.45, 2.75) is 69.1 Å². The molecule has 0 saturated heterocycles. The van der Waals surface area contributed by atoms with Crippen LogP contribution >= 0.6 is 0 Å². The van der Waals surface area contributed by atoms with Gasteiger partial charge in [0.1, 0.15) is 27.5 Å². The first-order valence-corrected chi connectivity index (χ1v) is 12.0. The molecule has 1 N–H and O–H groups in total. The smallest absolute Gasteiger partial charge is 0.425 e. The van der Waals surface area contributed by atoms with E-state index >= 15 is 4.39 Å². The molecular formula is C22H28FN3O8S. The Morgan fingerprint density at radius 2 is 1.91 bits per heavy atom. The summed E-state index contributed by atoms with van der Waals surface area (Å²) in [6, 6.07) is 2.55. The second-order valence-electron chi connectivity index (χ2n) is 9.67. The summed E-state index contributed by atoms with van der Waals surface area (Å²) < 4.78 is 45.8. The number of benzene rings is 1. The van der Waals surface area contributed by atoms with Crippen LogP contribution in [0.25, 0.3) is 0 Å². The molecule has 1 unspecified atom stereocenters. The molecule has 1 aromatic rings. The Morgan fingerprint density at radius 1 is 1.34 bits per heavy atom. The molecule has 0 aromatic heterocycles. The number of carbonyl (C=O) groups is 2. The Bertz CT molecular complexity index is 1220. The third-order valence-electron chi connectivity index (χ3n) is 5.66. The number of aliphatic imine (C=N–C) groups is 1. The highest BCUT2D eigenvalue weighted by Crippen LogP contribution is 2.46. The quantitative estimate of drug-likeness (QED) is 0.352. The molecule has 0 bridgehead atoms. The number of amidine groups is 1. The fourth-order valence-electron chi connectivity index (χ4n) is 3.85. The number of imide groups is 1. The molecule has 2 amide bonds. The van der Waals surface area contributed by atoms with Crippen molar-refractivity contribution < 1.29 is 37.2 Å². The molecule has 1 aliphatic heterocycles. The summed E-state index contributed by atoms with van der Waals surface area (Å²) in [6.45, 7) is 11.6. The first-order valence-electron chi connectivity index (χ1n) is 10.5. The minimum absolute atomic E-state index is 0.0699. The van der Waals surface area contributed by atoms with Gasteiger partial charge in [-0.1, -0.05) is 6.08 Å². The summed E-state index contributed by atoms with van der Waals surface area (Å²) in [5.74, 6) is -1.72. The lowest BCUT2D eigenvalue weighted by molar-refractivity contribution is -0.385. The molecule has 0 aliphatic carbocycles. The molecule has 0 spiro atoms. The normalized spacial score (nSPS) is 23.1. The third-order valence-corrected chi connectivity index (χ3v) is 8.66. The van der Waals surface area contributed by atoms with Crippen molar-refractivity contribution in [3.63, 3.8) is 0 Å². The number of carbonyl (C=O) groups excluding carboxylic acids is 1. The van der Waals surface area contributed by atoms with E-state index in [4.69, 9.17) is 4.74 Å². The zero-order chi connectivity index (χ0) is 27.1. The zero-order valence-corrected chi connectivity index (χ0v) is 21.1. The van der Waals surface area contributed by atoms with Crippen molar-refractivity contribution in [1.29, 1.82) is 0 Å². The number of hydrogen-bond donors (Lipinski definition) is 1. The molecule has 1 aliphatic rings. The van der Waals surface area contributed by atoms with E-state index in [1.54, 1.807) is 0 Å². The number of amides is 2. The van der Waals surface area contributed by atoms with Gasteiger partial charge in [0.25, 0.3) is 5.69 Å². The molecule has 13 heteroatoms. The first kappa shape index (κ1) is 27.9. The second kappa shape index (κ2) is 9.02. The van der Waals surface area contributed by atoms with E-state index in [1.807, 2.05) is 0 Å². The Hall–Kier alpha value is -3.35. The lowest BCUT2D eigenvalue weighted by Gasteiger charge is -2.46. The van der Waals surface area contributed by atoms with E-state index < -0.39 is 71.0 Å². The van der Waals surface area contributed by atoms with Gasteiger partial charge in [-0.3, -0.25) is 15.1 Å². The summed E-state index contributed by atoms with van der Waals surface area (Å²) in [5, 5.41) is 19.7. The van der Waals surface area contributed by atoms with Crippen LogP contribution in [0.4, 0.5) is 19.7 Å². The zero-order valence-electron chi connectivity index (χ0n) is 20.2. The molecule has 192 valence electrons. The SMILES string of the molecule is C=CCC1[C@@](C)(c2cc([N+](=O)[O-])ccc2F)N=C(N(C(=O)O)C(=O)OC(C)(C)C)C(C)(C)S1(=O)=O. The topological polar surface area (TPSA) is 156 Å². The van der Waals surface area contributed by atoms with Gasteiger partial charge in [-0.25, -0.2) is 22.4 Å². The number of allylic oxidation sites excluding steroid dienone is 1. The first-order chi connectivity index (χ1) is 15.8. The number of sulfone groups is 1. The van der Waals surface area contributed by atoms with Gasteiger partial charge in [-0.15, -0.1) is 6.58 Å². The molecule has 11 nitrogen and oxygen atoms in total. The van der Waals surface area contributed by atoms with Crippen molar-refractivity contribution in [2.75, 3.05) is 0 Å². The molecule has 2 rings (SSSR count). The molecular weight excluding hydrogens is 485 g/mol. The molecule has 0 fully saturated rings. The summed E-state index contributed by atoms with van der Waals surface area (Å²) in [6.07, 6.45) is -2.24. The second-order valence-corrected chi connectivity index (χ2v) is 12.4. The number of nitro groups is 1. The van der Waals surface area contributed by atoms with Gasteiger partial charge in [-0.05, 0) is 54.0 Å². The van der Waals surface area contributed by atoms with E-state index in [2.05, 4.69) is 11.6 Å². The lowest BCUT2D eigenvalue weighted by Crippen LogP contribution is -2.63. The largest absolute Gasteiger partial charge is 0.464 e. The average molecular weight is 514 g/mol. The highest BCUT2D eigenvalue weighted by Gasteiger charge is 2.60. The number of nitro benzene ring substituents is 1. The van der Waals surface area contributed by atoms with Crippen molar-refractivity contribution >= 4 is 33.5 Å². The molecule has 1 heterocycles. The Kier molecular flexibility index (Phi) is 7.19. The van der Waals surface area contributed by atoms with Crippen LogP contribution in [0.2, 0.25) is 0 Å². The molecule has 35 heavy (non-hydrogen) atoms. The monoisotopic (exact) mass is 513 g/mol. The minimum atomic E-state index is -4.43. The highest BCUT2D eigenvalue weighted by molar-refractivity contribution is 7.94. The molecule has 0 saturated carbocycles. The lowest BCUT2D eigenvalue weighted by atomic mass is 9.85. The number of non-ortho nitro benzene ring substituents is 1. The number of ether oxygens (including phenoxy) is 1. The number of hydrogen-bond acceptors (Lipinski definition) is 8. The summed E-state index contributed by atoms with van der Waals surface area (Å²) in [4.78, 5) is 40.0. The van der Waals surface area contributed by atoms with Crippen molar-refractivity contribution in [2.24, 2.45) is 4.99 Å². The Labute approximate surface area is 202 Å². The standard InChI is InChI=1S/C22H28FN3O8S/c1-8-9-16-22(7,14-12-13(26(30)31)10-11-15(14)23)24-17(21(5,6)35(16,32)33)25(18(27)28)19(29)34-20(2,3)4/h8,10-12,16H,1,9H2,2-7H3,(H,27,28)/t16?,22-/m1/s1. The van der Waals surface area contributed by atoms with Crippen LogP contribution in [0.1, 0.15) is 53.5 Å².